The zero-order valence-corrected chi connectivity index (χ0v) is 17.0. The van der Waals surface area contributed by atoms with Crippen molar-refractivity contribution in [2.75, 3.05) is 23.3 Å². The summed E-state index contributed by atoms with van der Waals surface area (Å²) in [5.74, 6) is 0.991. The van der Waals surface area contributed by atoms with E-state index in [0.717, 1.165) is 36.6 Å². The van der Waals surface area contributed by atoms with E-state index in [1.54, 1.807) is 16.8 Å². The first-order valence-electron chi connectivity index (χ1n) is 9.89. The Kier molecular flexibility index (Phi) is 5.30. The Balaban J connectivity index is 1.39. The molecule has 1 aliphatic heterocycles. The van der Waals surface area contributed by atoms with Gasteiger partial charge in [0.05, 0.1) is 24.2 Å². The maximum atomic E-state index is 12.4. The van der Waals surface area contributed by atoms with E-state index in [0.29, 0.717) is 23.8 Å². The van der Waals surface area contributed by atoms with Gasteiger partial charge in [-0.2, -0.15) is 4.98 Å². The molecule has 0 radical (unpaired) electrons. The highest BCUT2D eigenvalue weighted by molar-refractivity contribution is 5.91. The van der Waals surface area contributed by atoms with Crippen molar-refractivity contribution in [3.8, 4) is 0 Å². The highest BCUT2D eigenvalue weighted by Gasteiger charge is 2.24. The first-order chi connectivity index (χ1) is 14.4. The van der Waals surface area contributed by atoms with E-state index < -0.39 is 0 Å². The molecule has 1 atom stereocenters. The Morgan fingerprint density at radius 3 is 2.83 bits per heavy atom. The van der Waals surface area contributed by atoms with Crippen LogP contribution in [0.1, 0.15) is 30.1 Å². The van der Waals surface area contributed by atoms with Crippen molar-refractivity contribution in [1.82, 2.24) is 24.6 Å². The average Bonchev–Trinajstić information content (AvgIpc) is 3.11. The van der Waals surface area contributed by atoms with Crippen molar-refractivity contribution < 1.29 is 9.59 Å². The number of pyridine rings is 1. The molecule has 0 saturated carbocycles. The second-order valence-corrected chi connectivity index (χ2v) is 7.60. The summed E-state index contributed by atoms with van der Waals surface area (Å²) in [5, 5.41) is 7.17. The number of carbonyl (C=O) groups is 2. The van der Waals surface area contributed by atoms with Crippen LogP contribution in [0.2, 0.25) is 0 Å². The van der Waals surface area contributed by atoms with E-state index in [1.165, 1.54) is 0 Å². The van der Waals surface area contributed by atoms with Crippen molar-refractivity contribution in [3.63, 3.8) is 0 Å². The number of nitrogens with zero attached hydrogens (tertiary/aromatic N) is 6. The van der Waals surface area contributed by atoms with E-state index in [9.17, 15) is 9.59 Å². The van der Waals surface area contributed by atoms with Gasteiger partial charge in [0, 0.05) is 24.5 Å². The third-order valence-electron chi connectivity index (χ3n) is 5.16. The summed E-state index contributed by atoms with van der Waals surface area (Å²) in [7, 11) is 0. The summed E-state index contributed by atoms with van der Waals surface area (Å²) >= 11 is 0. The topological polar surface area (TPSA) is 131 Å². The van der Waals surface area contributed by atoms with Gasteiger partial charge < -0.3 is 16.0 Å². The van der Waals surface area contributed by atoms with Gasteiger partial charge in [-0.15, -0.1) is 5.10 Å². The summed E-state index contributed by atoms with van der Waals surface area (Å²) < 4.78 is 1.63. The SMILES string of the molecule is Cc1cc(C)n2nc(CC(=O)Nc3ccc(N4CCCC(C(N)=O)C4)nc3)nc2n1. The summed E-state index contributed by atoms with van der Waals surface area (Å²) in [6, 6.07) is 5.53. The molecular formula is C20H24N8O2. The van der Waals surface area contributed by atoms with Gasteiger partial charge in [-0.25, -0.2) is 14.5 Å². The molecule has 3 aromatic heterocycles. The van der Waals surface area contributed by atoms with Gasteiger partial charge in [0.2, 0.25) is 11.8 Å². The highest BCUT2D eigenvalue weighted by Crippen LogP contribution is 2.22. The standard InChI is InChI=1S/C20H24N8O2/c1-12-8-13(2)28-20(23-12)25-16(26-28)9-18(29)24-15-5-6-17(22-10-15)27-7-3-4-14(11-27)19(21)30/h5-6,8,10,14H,3-4,7,9,11H2,1-2H3,(H2,21,30)(H,24,29). The smallest absolute Gasteiger partial charge is 0.252 e. The van der Waals surface area contributed by atoms with Crippen LogP contribution in [0.15, 0.2) is 24.4 Å². The first kappa shape index (κ1) is 19.7. The number of primary amides is 1. The summed E-state index contributed by atoms with van der Waals surface area (Å²) in [4.78, 5) is 39.0. The van der Waals surface area contributed by atoms with Crippen molar-refractivity contribution in [1.29, 1.82) is 0 Å². The number of carbonyl (C=O) groups excluding carboxylic acids is 2. The average molecular weight is 408 g/mol. The number of aromatic nitrogens is 5. The highest BCUT2D eigenvalue weighted by atomic mass is 16.2. The molecular weight excluding hydrogens is 384 g/mol. The molecule has 10 heteroatoms. The molecule has 3 aromatic rings. The zero-order chi connectivity index (χ0) is 21.3. The molecule has 3 N–H and O–H groups in total. The molecule has 2 amide bonds. The van der Waals surface area contributed by atoms with Crippen LogP contribution in [0.25, 0.3) is 5.78 Å². The fourth-order valence-corrected chi connectivity index (χ4v) is 3.70. The Hall–Kier alpha value is -3.56. The van der Waals surface area contributed by atoms with Crippen LogP contribution >= 0.6 is 0 Å². The van der Waals surface area contributed by atoms with Gasteiger partial charge in [-0.3, -0.25) is 9.59 Å². The number of nitrogens with two attached hydrogens (primary N) is 1. The van der Waals surface area contributed by atoms with Crippen LogP contribution in [0.4, 0.5) is 11.5 Å². The quantitative estimate of drug-likeness (QED) is 0.644. The number of anilines is 2. The van der Waals surface area contributed by atoms with E-state index in [1.807, 2.05) is 30.9 Å². The molecule has 0 bridgehead atoms. The minimum atomic E-state index is -0.273. The molecule has 0 aliphatic carbocycles. The molecule has 10 nitrogen and oxygen atoms in total. The van der Waals surface area contributed by atoms with Crippen LogP contribution in [0.5, 0.6) is 0 Å². The van der Waals surface area contributed by atoms with Crippen LogP contribution in [0, 0.1) is 19.8 Å². The summed E-state index contributed by atoms with van der Waals surface area (Å²) in [6.45, 7) is 5.21. The molecule has 30 heavy (non-hydrogen) atoms. The number of fused-ring (bicyclic) bond motifs is 1. The molecule has 4 rings (SSSR count). The fourth-order valence-electron chi connectivity index (χ4n) is 3.70. The lowest BCUT2D eigenvalue weighted by atomic mass is 9.97. The third-order valence-corrected chi connectivity index (χ3v) is 5.16. The van der Waals surface area contributed by atoms with E-state index in [2.05, 4.69) is 25.4 Å². The molecule has 1 saturated heterocycles. The second kappa shape index (κ2) is 8.05. The Morgan fingerprint density at radius 1 is 1.27 bits per heavy atom. The number of rotatable bonds is 5. The lowest BCUT2D eigenvalue weighted by Crippen LogP contribution is -2.41. The number of aryl methyl sites for hydroxylation is 2. The molecule has 0 aromatic carbocycles. The summed E-state index contributed by atoms with van der Waals surface area (Å²) in [5.41, 5.74) is 7.79. The van der Waals surface area contributed by atoms with Crippen LogP contribution in [-0.2, 0) is 16.0 Å². The minimum Gasteiger partial charge on any atom is -0.369 e. The lowest BCUT2D eigenvalue weighted by molar-refractivity contribution is -0.122. The number of hydrogen-bond donors (Lipinski definition) is 2. The Morgan fingerprint density at radius 2 is 2.10 bits per heavy atom. The summed E-state index contributed by atoms with van der Waals surface area (Å²) in [6.07, 6.45) is 3.35. The van der Waals surface area contributed by atoms with Crippen LogP contribution < -0.4 is 16.0 Å². The lowest BCUT2D eigenvalue weighted by Gasteiger charge is -2.32. The zero-order valence-electron chi connectivity index (χ0n) is 17.0. The molecule has 4 heterocycles. The normalized spacial score (nSPS) is 16.6. The Bertz CT molecular complexity index is 1090. The van der Waals surface area contributed by atoms with Crippen molar-refractivity contribution >= 4 is 29.1 Å². The Labute approximate surface area is 173 Å². The second-order valence-electron chi connectivity index (χ2n) is 7.60. The number of hydrogen-bond acceptors (Lipinski definition) is 7. The van der Waals surface area contributed by atoms with Crippen molar-refractivity contribution in [2.24, 2.45) is 11.7 Å². The number of piperidine rings is 1. The van der Waals surface area contributed by atoms with Crippen molar-refractivity contribution in [2.45, 2.75) is 33.1 Å². The molecule has 0 spiro atoms. The van der Waals surface area contributed by atoms with Gasteiger partial charge in [0.15, 0.2) is 5.82 Å². The third kappa shape index (κ3) is 4.22. The largest absolute Gasteiger partial charge is 0.369 e. The van der Waals surface area contributed by atoms with Gasteiger partial charge >= 0.3 is 0 Å². The fraction of sp³-hybridized carbons (Fsp3) is 0.400. The van der Waals surface area contributed by atoms with Crippen LogP contribution in [-0.4, -0.2) is 49.5 Å². The maximum absolute atomic E-state index is 12.4. The predicted octanol–water partition coefficient (Wildman–Crippen LogP) is 1.02. The number of nitrogens with one attached hydrogen (secondary N) is 1. The monoisotopic (exact) mass is 408 g/mol. The van der Waals surface area contributed by atoms with Gasteiger partial charge in [0.1, 0.15) is 5.82 Å². The number of amides is 2. The first-order valence-corrected chi connectivity index (χ1v) is 9.89. The molecule has 1 fully saturated rings. The molecule has 1 aliphatic rings. The minimum absolute atomic E-state index is 0.0377. The van der Waals surface area contributed by atoms with Gasteiger partial charge in [-0.1, -0.05) is 0 Å². The molecule has 156 valence electrons. The van der Waals surface area contributed by atoms with Gasteiger partial charge in [-0.05, 0) is 44.9 Å². The van der Waals surface area contributed by atoms with E-state index in [4.69, 9.17) is 5.73 Å². The van der Waals surface area contributed by atoms with E-state index >= 15 is 0 Å². The van der Waals surface area contributed by atoms with Crippen molar-refractivity contribution in [3.05, 3.63) is 41.6 Å². The van der Waals surface area contributed by atoms with Gasteiger partial charge in [0.25, 0.3) is 5.78 Å². The predicted molar refractivity (Wildman–Crippen MR) is 111 cm³/mol. The maximum Gasteiger partial charge on any atom is 0.252 e. The van der Waals surface area contributed by atoms with E-state index in [-0.39, 0.29) is 24.2 Å². The van der Waals surface area contributed by atoms with Crippen LogP contribution in [0.3, 0.4) is 0 Å². The molecule has 1 unspecified atom stereocenters.